The number of amides is 1. The molecular weight excluding hydrogens is 293 g/mol. The van der Waals surface area contributed by atoms with Gasteiger partial charge in [-0.15, -0.1) is 0 Å². The van der Waals surface area contributed by atoms with Crippen molar-refractivity contribution in [1.82, 2.24) is 14.9 Å². The molecule has 0 radical (unpaired) electrons. The molecule has 0 fully saturated rings. The molecule has 0 aliphatic rings. The third-order valence-electron chi connectivity index (χ3n) is 3.79. The van der Waals surface area contributed by atoms with Gasteiger partial charge in [-0.05, 0) is 41.8 Å². The van der Waals surface area contributed by atoms with Crippen molar-refractivity contribution in [3.05, 3.63) is 65.7 Å². The van der Waals surface area contributed by atoms with Crippen LogP contribution in [0.2, 0.25) is 0 Å². The number of aromatic nitrogens is 2. The second kappa shape index (κ2) is 6.60. The molecule has 2 aromatic heterocycles. The van der Waals surface area contributed by atoms with Gasteiger partial charge in [0, 0.05) is 31.4 Å². The molecule has 0 bridgehead atoms. The van der Waals surface area contributed by atoms with Crippen molar-refractivity contribution in [2.45, 2.75) is 12.8 Å². The molecule has 3 rings (SSSR count). The van der Waals surface area contributed by atoms with Gasteiger partial charge in [-0.1, -0.05) is 12.1 Å². The van der Waals surface area contributed by atoms with Crippen LogP contribution in [-0.2, 0) is 24.7 Å². The van der Waals surface area contributed by atoms with Gasteiger partial charge in [0.1, 0.15) is 11.5 Å². The molecular formula is C18H18FN3O. The molecule has 1 N–H and O–H groups in total. The largest absolute Gasteiger partial charge is 0.355 e. The van der Waals surface area contributed by atoms with E-state index in [0.717, 1.165) is 23.0 Å². The van der Waals surface area contributed by atoms with Crippen LogP contribution in [0.5, 0.6) is 0 Å². The summed E-state index contributed by atoms with van der Waals surface area (Å²) in [5, 5.41) is 3.99. The fourth-order valence-corrected chi connectivity index (χ4v) is 2.72. The number of halogens is 1. The molecule has 1 aromatic carbocycles. The maximum Gasteiger partial charge on any atom is 0.224 e. The number of nitrogens with zero attached hydrogens (tertiary/aromatic N) is 2. The van der Waals surface area contributed by atoms with E-state index in [2.05, 4.69) is 10.3 Å². The van der Waals surface area contributed by atoms with Crippen molar-refractivity contribution in [2.24, 2.45) is 7.05 Å². The van der Waals surface area contributed by atoms with Crippen molar-refractivity contribution < 1.29 is 9.18 Å². The number of rotatable bonds is 5. The normalized spacial score (nSPS) is 10.9. The summed E-state index contributed by atoms with van der Waals surface area (Å²) in [6.07, 6.45) is 4.73. The summed E-state index contributed by atoms with van der Waals surface area (Å²) < 4.78 is 15.1. The molecule has 0 atom stereocenters. The Morgan fingerprint density at radius 3 is 3.00 bits per heavy atom. The van der Waals surface area contributed by atoms with Gasteiger partial charge in [-0.3, -0.25) is 4.79 Å². The van der Waals surface area contributed by atoms with Crippen LogP contribution in [0.4, 0.5) is 4.39 Å². The topological polar surface area (TPSA) is 46.9 Å². The minimum Gasteiger partial charge on any atom is -0.355 e. The van der Waals surface area contributed by atoms with E-state index in [1.54, 1.807) is 18.3 Å². The predicted octanol–water partition coefficient (Wildman–Crippen LogP) is 2.61. The Morgan fingerprint density at radius 1 is 1.30 bits per heavy atom. The smallest absolute Gasteiger partial charge is 0.224 e. The third kappa shape index (κ3) is 3.56. The lowest BCUT2D eigenvalue weighted by Crippen LogP contribution is -2.27. The number of fused-ring (bicyclic) bond motifs is 1. The molecule has 0 spiro atoms. The zero-order valence-electron chi connectivity index (χ0n) is 12.9. The van der Waals surface area contributed by atoms with Crippen LogP contribution in [0.3, 0.4) is 0 Å². The van der Waals surface area contributed by atoms with Gasteiger partial charge < -0.3 is 9.88 Å². The monoisotopic (exact) mass is 311 g/mol. The molecule has 0 saturated carbocycles. The predicted molar refractivity (Wildman–Crippen MR) is 87.5 cm³/mol. The standard InChI is InChI=1S/C18H18FN3O/c1-22-12-14(16-6-3-8-21-18(16)22)7-9-20-17(23)11-13-4-2-5-15(19)10-13/h2-6,8,10,12H,7,9,11H2,1H3,(H,20,23). The Hall–Kier alpha value is -2.69. The maximum atomic E-state index is 13.1. The Labute approximate surface area is 134 Å². The van der Waals surface area contributed by atoms with Crippen LogP contribution in [0.25, 0.3) is 11.0 Å². The van der Waals surface area contributed by atoms with E-state index in [0.29, 0.717) is 12.1 Å². The van der Waals surface area contributed by atoms with Gasteiger partial charge in [0.05, 0.1) is 6.42 Å². The van der Waals surface area contributed by atoms with Crippen LogP contribution in [0, 0.1) is 5.82 Å². The minimum atomic E-state index is -0.321. The summed E-state index contributed by atoms with van der Waals surface area (Å²) in [5.74, 6) is -0.424. The zero-order chi connectivity index (χ0) is 16.2. The molecule has 3 aromatic rings. The van der Waals surface area contributed by atoms with Crippen LogP contribution in [-0.4, -0.2) is 22.0 Å². The highest BCUT2D eigenvalue weighted by Gasteiger charge is 2.08. The second-order valence-corrected chi connectivity index (χ2v) is 5.55. The number of hydrogen-bond donors (Lipinski definition) is 1. The Morgan fingerprint density at radius 2 is 2.17 bits per heavy atom. The average Bonchev–Trinajstić information content (AvgIpc) is 2.84. The number of hydrogen-bond acceptors (Lipinski definition) is 2. The quantitative estimate of drug-likeness (QED) is 0.787. The lowest BCUT2D eigenvalue weighted by Gasteiger charge is -2.05. The number of carbonyl (C=O) groups is 1. The summed E-state index contributed by atoms with van der Waals surface area (Å²) in [4.78, 5) is 16.3. The number of pyridine rings is 1. The number of benzene rings is 1. The highest BCUT2D eigenvalue weighted by atomic mass is 19.1. The first-order valence-corrected chi connectivity index (χ1v) is 7.53. The average molecular weight is 311 g/mol. The molecule has 0 unspecified atom stereocenters. The van der Waals surface area contributed by atoms with Gasteiger partial charge in [0.2, 0.25) is 5.91 Å². The van der Waals surface area contributed by atoms with Crippen molar-refractivity contribution in [3.8, 4) is 0 Å². The molecule has 4 nitrogen and oxygen atoms in total. The molecule has 0 aliphatic heterocycles. The summed E-state index contributed by atoms with van der Waals surface area (Å²) >= 11 is 0. The number of nitrogens with one attached hydrogen (secondary N) is 1. The first-order valence-electron chi connectivity index (χ1n) is 7.53. The molecule has 2 heterocycles. The molecule has 0 saturated heterocycles. The summed E-state index contributed by atoms with van der Waals surface area (Å²) in [6.45, 7) is 0.544. The first-order chi connectivity index (χ1) is 11.1. The summed E-state index contributed by atoms with van der Waals surface area (Å²) in [5.41, 5.74) is 2.77. The lowest BCUT2D eigenvalue weighted by atomic mass is 10.1. The number of carbonyl (C=O) groups excluding carboxylic acids is 1. The number of aryl methyl sites for hydroxylation is 1. The van der Waals surface area contributed by atoms with E-state index in [1.165, 1.54) is 12.1 Å². The zero-order valence-corrected chi connectivity index (χ0v) is 12.9. The SMILES string of the molecule is Cn1cc(CCNC(=O)Cc2cccc(F)c2)c2cccnc21. The van der Waals surface area contributed by atoms with Crippen molar-refractivity contribution >= 4 is 16.9 Å². The Kier molecular flexibility index (Phi) is 4.37. The van der Waals surface area contributed by atoms with Gasteiger partial charge in [0.15, 0.2) is 0 Å². The van der Waals surface area contributed by atoms with E-state index in [9.17, 15) is 9.18 Å². The fourth-order valence-electron chi connectivity index (χ4n) is 2.72. The maximum absolute atomic E-state index is 13.1. The minimum absolute atomic E-state index is 0.103. The van der Waals surface area contributed by atoms with E-state index in [-0.39, 0.29) is 18.1 Å². The third-order valence-corrected chi connectivity index (χ3v) is 3.79. The lowest BCUT2D eigenvalue weighted by molar-refractivity contribution is -0.120. The van der Waals surface area contributed by atoms with Gasteiger partial charge >= 0.3 is 0 Å². The van der Waals surface area contributed by atoms with Crippen LogP contribution >= 0.6 is 0 Å². The van der Waals surface area contributed by atoms with Crippen LogP contribution < -0.4 is 5.32 Å². The Bertz CT molecular complexity index is 841. The fraction of sp³-hybridized carbons (Fsp3) is 0.222. The molecule has 118 valence electrons. The van der Waals surface area contributed by atoms with Crippen LogP contribution in [0.15, 0.2) is 48.8 Å². The molecule has 1 amide bonds. The summed E-state index contributed by atoms with van der Waals surface area (Å²) in [7, 11) is 1.96. The molecule has 23 heavy (non-hydrogen) atoms. The van der Waals surface area contributed by atoms with E-state index >= 15 is 0 Å². The second-order valence-electron chi connectivity index (χ2n) is 5.55. The summed E-state index contributed by atoms with van der Waals surface area (Å²) in [6, 6.07) is 10.1. The highest BCUT2D eigenvalue weighted by molar-refractivity contribution is 5.81. The van der Waals surface area contributed by atoms with Crippen molar-refractivity contribution in [1.29, 1.82) is 0 Å². The van der Waals surface area contributed by atoms with E-state index in [1.807, 2.05) is 29.9 Å². The Balaban J connectivity index is 1.57. The molecule has 5 heteroatoms. The van der Waals surface area contributed by atoms with Gasteiger partial charge in [-0.25, -0.2) is 9.37 Å². The van der Waals surface area contributed by atoms with E-state index in [4.69, 9.17) is 0 Å². The van der Waals surface area contributed by atoms with E-state index < -0.39 is 0 Å². The first kappa shape index (κ1) is 15.2. The van der Waals surface area contributed by atoms with Gasteiger partial charge in [0.25, 0.3) is 0 Å². The van der Waals surface area contributed by atoms with Crippen molar-refractivity contribution in [3.63, 3.8) is 0 Å². The molecule has 0 aliphatic carbocycles. The van der Waals surface area contributed by atoms with Crippen molar-refractivity contribution in [2.75, 3.05) is 6.54 Å². The van der Waals surface area contributed by atoms with Gasteiger partial charge in [-0.2, -0.15) is 0 Å². The highest BCUT2D eigenvalue weighted by Crippen LogP contribution is 2.18. The van der Waals surface area contributed by atoms with Crippen LogP contribution in [0.1, 0.15) is 11.1 Å².